The molecule has 2 amide bonds. The monoisotopic (exact) mass is 450 g/mol. The molecule has 1 fully saturated rings. The number of amides is 2. The number of nitrogens with zero attached hydrogens (tertiary/aromatic N) is 2. The molecule has 6 nitrogen and oxygen atoms in total. The number of likely N-dealkylation sites (N-methyl/N-ethyl adjacent to an activating group) is 1. The summed E-state index contributed by atoms with van der Waals surface area (Å²) < 4.78 is 11.5. The van der Waals surface area contributed by atoms with Crippen molar-refractivity contribution in [3.63, 3.8) is 0 Å². The summed E-state index contributed by atoms with van der Waals surface area (Å²) in [7, 11) is 1.73. The number of hydrogen-bond donors (Lipinski definition) is 0. The third-order valence-corrected chi connectivity index (χ3v) is 5.64. The average Bonchev–Trinajstić information content (AvgIpc) is 3.27. The predicted molar refractivity (Wildman–Crippen MR) is 130 cm³/mol. The lowest BCUT2D eigenvalue weighted by molar-refractivity contribution is -0.129. The first-order valence-electron chi connectivity index (χ1n) is 11.3. The van der Waals surface area contributed by atoms with Crippen LogP contribution in [-0.2, 0) is 22.6 Å². The van der Waals surface area contributed by atoms with E-state index in [1.165, 1.54) is 0 Å². The number of benzene rings is 2. The molecule has 6 heteroatoms. The molecule has 1 aliphatic rings. The molecule has 0 radical (unpaired) electrons. The highest BCUT2D eigenvalue weighted by atomic mass is 16.6. The lowest BCUT2D eigenvalue weighted by Gasteiger charge is -2.28. The third-order valence-electron chi connectivity index (χ3n) is 5.64. The van der Waals surface area contributed by atoms with Crippen LogP contribution in [-0.4, -0.2) is 53.6 Å². The van der Waals surface area contributed by atoms with E-state index < -0.39 is 5.60 Å². The van der Waals surface area contributed by atoms with E-state index >= 15 is 0 Å². The minimum absolute atomic E-state index is 0.0147. The molecule has 3 rings (SSSR count). The van der Waals surface area contributed by atoms with Gasteiger partial charge < -0.3 is 19.3 Å². The Balaban J connectivity index is 1.64. The molecule has 1 atom stereocenters. The van der Waals surface area contributed by atoms with Gasteiger partial charge in [-0.3, -0.25) is 4.79 Å². The number of ether oxygens (including phenoxy) is 2. The summed E-state index contributed by atoms with van der Waals surface area (Å²) >= 11 is 0. The summed E-state index contributed by atoms with van der Waals surface area (Å²) in [6, 6.07) is 15.7. The highest BCUT2D eigenvalue weighted by molar-refractivity contribution is 5.80. The summed E-state index contributed by atoms with van der Waals surface area (Å²) in [6.45, 7) is 10.9. The molecule has 2 aromatic rings. The second-order valence-electron chi connectivity index (χ2n) is 9.40. The zero-order valence-electron chi connectivity index (χ0n) is 20.0. The fourth-order valence-corrected chi connectivity index (χ4v) is 3.78. The van der Waals surface area contributed by atoms with Gasteiger partial charge in [-0.05, 0) is 50.5 Å². The first-order valence-corrected chi connectivity index (χ1v) is 11.3. The van der Waals surface area contributed by atoms with Gasteiger partial charge in [-0.1, -0.05) is 49.1 Å². The zero-order valence-corrected chi connectivity index (χ0v) is 20.0. The summed E-state index contributed by atoms with van der Waals surface area (Å²) in [5.41, 5.74) is 2.28. The highest BCUT2D eigenvalue weighted by Gasteiger charge is 2.33. The summed E-state index contributed by atoms with van der Waals surface area (Å²) in [5.74, 6) is 0.709. The molecule has 0 bridgehead atoms. The molecular formula is C27H34N2O4. The Hall–Kier alpha value is -3.28. The number of likely N-dealkylation sites (tertiary alicyclic amines) is 1. The molecule has 1 aliphatic heterocycles. The van der Waals surface area contributed by atoms with E-state index in [0.29, 0.717) is 25.4 Å². The summed E-state index contributed by atoms with van der Waals surface area (Å²) in [6.07, 6.45) is 2.36. The van der Waals surface area contributed by atoms with E-state index in [-0.39, 0.29) is 24.5 Å². The molecule has 0 saturated carbocycles. The van der Waals surface area contributed by atoms with E-state index in [9.17, 15) is 9.59 Å². The summed E-state index contributed by atoms with van der Waals surface area (Å²) in [4.78, 5) is 28.9. The molecule has 0 unspecified atom stereocenters. The van der Waals surface area contributed by atoms with Gasteiger partial charge in [0.25, 0.3) is 0 Å². The van der Waals surface area contributed by atoms with Crippen molar-refractivity contribution >= 4 is 18.1 Å². The van der Waals surface area contributed by atoms with Crippen molar-refractivity contribution in [1.82, 2.24) is 9.80 Å². The predicted octanol–water partition coefficient (Wildman–Crippen LogP) is 4.92. The van der Waals surface area contributed by atoms with Gasteiger partial charge in [-0.25, -0.2) is 4.79 Å². The van der Waals surface area contributed by atoms with Crippen LogP contribution in [0.2, 0.25) is 0 Å². The number of hydrogen-bond acceptors (Lipinski definition) is 4. The van der Waals surface area contributed by atoms with Crippen LogP contribution in [0.1, 0.15) is 43.9 Å². The van der Waals surface area contributed by atoms with Crippen LogP contribution in [0, 0.1) is 0 Å². The van der Waals surface area contributed by atoms with Crippen LogP contribution in [0.3, 0.4) is 0 Å². The van der Waals surface area contributed by atoms with Gasteiger partial charge in [-0.2, -0.15) is 0 Å². The second kappa shape index (κ2) is 10.6. The van der Waals surface area contributed by atoms with Crippen molar-refractivity contribution in [1.29, 1.82) is 0 Å². The van der Waals surface area contributed by atoms with E-state index in [2.05, 4.69) is 6.58 Å². The largest absolute Gasteiger partial charge is 0.489 e. The first-order chi connectivity index (χ1) is 15.7. The molecule has 1 saturated heterocycles. The quantitative estimate of drug-likeness (QED) is 0.601. The highest BCUT2D eigenvalue weighted by Crippen LogP contribution is 2.25. The van der Waals surface area contributed by atoms with Gasteiger partial charge in [0, 0.05) is 25.7 Å². The molecule has 1 heterocycles. The van der Waals surface area contributed by atoms with Gasteiger partial charge in [0.15, 0.2) is 0 Å². The molecule has 176 valence electrons. The molecule has 0 N–H and O–H groups in total. The van der Waals surface area contributed by atoms with Gasteiger partial charge in [0.1, 0.15) is 18.0 Å². The SMILES string of the molecule is C=Cc1ccc(OCc2ccccc2)c(CC(=O)N2CC[C@@H](N(C)C(=O)OC(C)(C)C)C2)c1. The minimum Gasteiger partial charge on any atom is -0.489 e. The second-order valence-corrected chi connectivity index (χ2v) is 9.40. The normalized spacial score (nSPS) is 15.8. The van der Waals surface area contributed by atoms with Crippen molar-refractivity contribution in [3.05, 3.63) is 71.8 Å². The van der Waals surface area contributed by atoms with Crippen molar-refractivity contribution in [2.24, 2.45) is 0 Å². The number of carbonyl (C=O) groups excluding carboxylic acids is 2. The topological polar surface area (TPSA) is 59.1 Å². The summed E-state index contributed by atoms with van der Waals surface area (Å²) in [5, 5.41) is 0. The maximum Gasteiger partial charge on any atom is 0.410 e. The van der Waals surface area contributed by atoms with E-state index in [1.807, 2.05) is 74.2 Å². The van der Waals surface area contributed by atoms with Gasteiger partial charge in [0.05, 0.1) is 12.5 Å². The maximum atomic E-state index is 13.1. The number of carbonyl (C=O) groups is 2. The van der Waals surface area contributed by atoms with Crippen LogP contribution < -0.4 is 4.74 Å². The van der Waals surface area contributed by atoms with Crippen LogP contribution >= 0.6 is 0 Å². The van der Waals surface area contributed by atoms with Crippen LogP contribution in [0.25, 0.3) is 6.08 Å². The van der Waals surface area contributed by atoms with Gasteiger partial charge in [0.2, 0.25) is 5.91 Å². The Morgan fingerprint density at radius 3 is 2.58 bits per heavy atom. The van der Waals surface area contributed by atoms with Crippen molar-refractivity contribution in [3.8, 4) is 5.75 Å². The lowest BCUT2D eigenvalue weighted by Crippen LogP contribution is -2.42. The van der Waals surface area contributed by atoms with Crippen molar-refractivity contribution in [2.45, 2.75) is 51.9 Å². The standard InChI is InChI=1S/C27H34N2O4/c1-6-20-12-13-24(32-19-21-10-8-7-9-11-21)22(16-20)17-25(30)29-15-14-23(18-29)28(5)26(31)33-27(2,3)4/h6-13,16,23H,1,14-15,17-19H2,2-5H3/t23-/m1/s1. The Bertz CT molecular complexity index is 981. The average molecular weight is 451 g/mol. The van der Waals surface area contributed by atoms with E-state index in [0.717, 1.165) is 23.1 Å². The third kappa shape index (κ3) is 6.85. The molecule has 0 aromatic heterocycles. The Kier molecular flexibility index (Phi) is 7.79. The maximum absolute atomic E-state index is 13.1. The number of rotatable bonds is 7. The molecule has 0 spiro atoms. The lowest BCUT2D eigenvalue weighted by atomic mass is 10.1. The Morgan fingerprint density at radius 1 is 1.18 bits per heavy atom. The molecule has 0 aliphatic carbocycles. The smallest absolute Gasteiger partial charge is 0.410 e. The molecular weight excluding hydrogens is 416 g/mol. The van der Waals surface area contributed by atoms with E-state index in [1.54, 1.807) is 18.0 Å². The fraction of sp³-hybridized carbons (Fsp3) is 0.407. The molecule has 33 heavy (non-hydrogen) atoms. The van der Waals surface area contributed by atoms with Gasteiger partial charge in [-0.15, -0.1) is 0 Å². The van der Waals surface area contributed by atoms with E-state index in [4.69, 9.17) is 9.47 Å². The molecule has 2 aromatic carbocycles. The Labute approximate surface area is 196 Å². The minimum atomic E-state index is -0.550. The fourth-order valence-electron chi connectivity index (χ4n) is 3.78. The van der Waals surface area contributed by atoms with Crippen molar-refractivity contribution < 1.29 is 19.1 Å². The zero-order chi connectivity index (χ0) is 24.0. The van der Waals surface area contributed by atoms with Crippen LogP contribution in [0.4, 0.5) is 4.79 Å². The van der Waals surface area contributed by atoms with Crippen LogP contribution in [0.15, 0.2) is 55.1 Å². The van der Waals surface area contributed by atoms with Crippen molar-refractivity contribution in [2.75, 3.05) is 20.1 Å². The van der Waals surface area contributed by atoms with Crippen LogP contribution in [0.5, 0.6) is 5.75 Å². The Morgan fingerprint density at radius 2 is 1.91 bits per heavy atom. The first kappa shape index (κ1) is 24.4. The van der Waals surface area contributed by atoms with Gasteiger partial charge >= 0.3 is 6.09 Å².